The molecule has 0 radical (unpaired) electrons. The quantitative estimate of drug-likeness (QED) is 0.879. The van der Waals surface area contributed by atoms with Gasteiger partial charge in [0.05, 0.1) is 29.5 Å². The number of H-pyrrole nitrogens is 1. The van der Waals surface area contributed by atoms with E-state index in [1.54, 1.807) is 13.3 Å². The van der Waals surface area contributed by atoms with E-state index in [1.807, 2.05) is 35.0 Å². The van der Waals surface area contributed by atoms with Crippen molar-refractivity contribution in [2.45, 2.75) is 12.0 Å². The first kappa shape index (κ1) is 12.9. The van der Waals surface area contributed by atoms with Crippen molar-refractivity contribution in [2.24, 2.45) is 7.05 Å². The van der Waals surface area contributed by atoms with Crippen LogP contribution in [0.1, 0.15) is 22.0 Å². The van der Waals surface area contributed by atoms with Crippen molar-refractivity contribution in [2.75, 3.05) is 20.2 Å². The monoisotopic (exact) mass is 275 g/mol. The van der Waals surface area contributed by atoms with Gasteiger partial charge in [0.15, 0.2) is 0 Å². The van der Waals surface area contributed by atoms with Crippen molar-refractivity contribution in [3.63, 3.8) is 0 Å². The smallest absolute Gasteiger partial charge is 0.255 e. The largest absolute Gasteiger partial charge is 0.379 e. The lowest BCUT2D eigenvalue weighted by atomic mass is 10.0. The van der Waals surface area contributed by atoms with Crippen molar-refractivity contribution in [3.05, 3.63) is 35.9 Å². The highest BCUT2D eigenvalue weighted by Crippen LogP contribution is 2.28. The molecule has 1 amide bonds. The Kier molecular flexibility index (Phi) is 3.27. The number of rotatable bonds is 3. The van der Waals surface area contributed by atoms with E-state index in [1.165, 1.54) is 0 Å². The highest BCUT2D eigenvalue weighted by molar-refractivity contribution is 5.94. The molecule has 7 nitrogen and oxygen atoms in total. The summed E-state index contributed by atoms with van der Waals surface area (Å²) in [5, 5.41) is 10.5. The molecule has 1 aliphatic heterocycles. The molecule has 0 aromatic carbocycles. The van der Waals surface area contributed by atoms with Crippen molar-refractivity contribution in [1.82, 2.24) is 24.9 Å². The Morgan fingerprint density at radius 2 is 2.35 bits per heavy atom. The van der Waals surface area contributed by atoms with Gasteiger partial charge < -0.3 is 14.2 Å². The third kappa shape index (κ3) is 2.20. The molecule has 2 aromatic heterocycles. The first-order chi connectivity index (χ1) is 9.69. The maximum Gasteiger partial charge on any atom is 0.255 e. The molecule has 106 valence electrons. The summed E-state index contributed by atoms with van der Waals surface area (Å²) in [7, 11) is 3.56. The van der Waals surface area contributed by atoms with Crippen molar-refractivity contribution >= 4 is 5.91 Å². The van der Waals surface area contributed by atoms with Gasteiger partial charge in [0.2, 0.25) is 0 Å². The first-order valence-electron chi connectivity index (χ1n) is 6.48. The minimum Gasteiger partial charge on any atom is -0.379 e. The number of nitrogens with zero attached hydrogens (tertiary/aromatic N) is 4. The Morgan fingerprint density at radius 1 is 1.50 bits per heavy atom. The van der Waals surface area contributed by atoms with Gasteiger partial charge in [0, 0.05) is 39.6 Å². The fraction of sp³-hybridized carbons (Fsp3) is 0.462. The maximum atomic E-state index is 12.5. The third-order valence-electron chi connectivity index (χ3n) is 3.75. The second-order valence-electron chi connectivity index (χ2n) is 5.05. The molecule has 20 heavy (non-hydrogen) atoms. The van der Waals surface area contributed by atoms with E-state index < -0.39 is 0 Å². The Morgan fingerprint density at radius 3 is 2.95 bits per heavy atom. The van der Waals surface area contributed by atoms with Crippen LogP contribution in [-0.4, -0.2) is 57.1 Å². The van der Waals surface area contributed by atoms with Crippen LogP contribution in [-0.2, 0) is 11.8 Å². The van der Waals surface area contributed by atoms with Gasteiger partial charge in [0.1, 0.15) is 0 Å². The van der Waals surface area contributed by atoms with Crippen LogP contribution in [0.15, 0.2) is 24.7 Å². The minimum absolute atomic E-state index is 0.0265. The Hall–Kier alpha value is -2.15. The van der Waals surface area contributed by atoms with Crippen LogP contribution in [0.3, 0.4) is 0 Å². The molecule has 3 heterocycles. The summed E-state index contributed by atoms with van der Waals surface area (Å²) in [6.07, 6.45) is 5.33. The molecule has 1 saturated heterocycles. The van der Waals surface area contributed by atoms with Gasteiger partial charge in [0.25, 0.3) is 5.91 Å². The maximum absolute atomic E-state index is 12.5. The molecule has 7 heteroatoms. The van der Waals surface area contributed by atoms with Gasteiger partial charge in [-0.25, -0.2) is 0 Å². The van der Waals surface area contributed by atoms with Crippen molar-refractivity contribution < 1.29 is 9.53 Å². The molecular formula is C13H17N5O2. The Bertz CT molecular complexity index is 592. The van der Waals surface area contributed by atoms with Crippen molar-refractivity contribution in [3.8, 4) is 0 Å². The average molecular weight is 275 g/mol. The second-order valence-corrected chi connectivity index (χ2v) is 5.05. The number of methoxy groups -OCH3 is 1. The van der Waals surface area contributed by atoms with Gasteiger partial charge in [-0.15, -0.1) is 0 Å². The van der Waals surface area contributed by atoms with Gasteiger partial charge >= 0.3 is 0 Å². The molecule has 0 aliphatic carbocycles. The number of carbonyl (C=O) groups excluding carboxylic acids is 1. The van der Waals surface area contributed by atoms with Gasteiger partial charge in [-0.1, -0.05) is 0 Å². The zero-order valence-electron chi connectivity index (χ0n) is 11.5. The van der Waals surface area contributed by atoms with E-state index >= 15 is 0 Å². The summed E-state index contributed by atoms with van der Waals surface area (Å²) in [4.78, 5) is 14.3. The lowest BCUT2D eigenvalue weighted by Crippen LogP contribution is -2.29. The van der Waals surface area contributed by atoms with E-state index in [2.05, 4.69) is 15.4 Å². The number of nitrogens with one attached hydrogen (secondary N) is 1. The second kappa shape index (κ2) is 5.09. The molecule has 2 atom stereocenters. The normalized spacial score (nSPS) is 22.4. The number of hydrogen-bond acceptors (Lipinski definition) is 4. The lowest BCUT2D eigenvalue weighted by molar-refractivity contribution is 0.0714. The predicted molar refractivity (Wildman–Crippen MR) is 71.2 cm³/mol. The van der Waals surface area contributed by atoms with E-state index in [-0.39, 0.29) is 17.9 Å². The number of ether oxygens (including phenoxy) is 1. The minimum atomic E-state index is -0.0484. The van der Waals surface area contributed by atoms with Crippen LogP contribution in [0.4, 0.5) is 0 Å². The van der Waals surface area contributed by atoms with Gasteiger partial charge in [-0.05, 0) is 6.07 Å². The van der Waals surface area contributed by atoms with Gasteiger partial charge in [-0.2, -0.15) is 15.4 Å². The molecule has 1 fully saturated rings. The topological polar surface area (TPSA) is 76.0 Å². The predicted octanol–water partition coefficient (Wildman–Crippen LogP) is 0.398. The van der Waals surface area contributed by atoms with E-state index in [4.69, 9.17) is 4.74 Å². The molecule has 2 aromatic rings. The molecule has 0 bridgehead atoms. The van der Waals surface area contributed by atoms with Crippen LogP contribution in [0.25, 0.3) is 0 Å². The SMILES string of the molecule is CO[C@@H]1CN(C(=O)c2ccn(C)c2)C[C@H]1c1cn[nH]n1. The zero-order chi connectivity index (χ0) is 14.1. The molecule has 0 spiro atoms. The van der Waals surface area contributed by atoms with Crippen LogP contribution in [0, 0.1) is 0 Å². The molecular weight excluding hydrogens is 258 g/mol. The molecule has 3 rings (SSSR count). The number of aromatic nitrogens is 4. The summed E-state index contributed by atoms with van der Waals surface area (Å²) in [6, 6.07) is 1.83. The molecule has 1 aliphatic rings. The number of carbonyl (C=O) groups is 1. The van der Waals surface area contributed by atoms with Crippen LogP contribution < -0.4 is 0 Å². The summed E-state index contributed by atoms with van der Waals surface area (Å²) < 4.78 is 7.36. The molecule has 0 unspecified atom stereocenters. The number of hydrogen-bond donors (Lipinski definition) is 1. The van der Waals surface area contributed by atoms with Crippen molar-refractivity contribution in [1.29, 1.82) is 0 Å². The van der Waals surface area contributed by atoms with Gasteiger partial charge in [-0.3, -0.25) is 4.79 Å². The number of likely N-dealkylation sites (tertiary alicyclic amines) is 1. The third-order valence-corrected chi connectivity index (χ3v) is 3.75. The lowest BCUT2D eigenvalue weighted by Gasteiger charge is -2.14. The first-order valence-corrected chi connectivity index (χ1v) is 6.48. The summed E-state index contributed by atoms with van der Waals surface area (Å²) >= 11 is 0. The zero-order valence-corrected chi connectivity index (χ0v) is 11.5. The highest BCUT2D eigenvalue weighted by Gasteiger charge is 2.38. The summed E-state index contributed by atoms with van der Waals surface area (Å²) in [5.41, 5.74) is 1.53. The van der Waals surface area contributed by atoms with Crippen LogP contribution >= 0.6 is 0 Å². The van der Waals surface area contributed by atoms with E-state index in [9.17, 15) is 4.79 Å². The summed E-state index contributed by atoms with van der Waals surface area (Å²) in [5.74, 6) is 0.0880. The standard InChI is InChI=1S/C13H17N5O2/c1-17-4-3-9(6-17)13(19)18-7-10(12(8-18)20-2)11-5-14-16-15-11/h3-6,10,12H,7-8H2,1-2H3,(H,14,15,16)/t10-,12+/m0/s1. The fourth-order valence-corrected chi connectivity index (χ4v) is 2.66. The van der Waals surface area contributed by atoms with Crippen LogP contribution in [0.5, 0.6) is 0 Å². The highest BCUT2D eigenvalue weighted by atomic mass is 16.5. The fourth-order valence-electron chi connectivity index (χ4n) is 2.66. The Balaban J connectivity index is 1.78. The number of amides is 1. The average Bonchev–Trinajstić information content (AvgIpc) is 3.17. The van der Waals surface area contributed by atoms with Crippen LogP contribution in [0.2, 0.25) is 0 Å². The number of aryl methyl sites for hydroxylation is 1. The van der Waals surface area contributed by atoms with E-state index in [0.717, 1.165) is 5.69 Å². The summed E-state index contributed by atoms with van der Waals surface area (Å²) in [6.45, 7) is 1.17. The number of aromatic amines is 1. The van der Waals surface area contributed by atoms with E-state index in [0.29, 0.717) is 18.7 Å². The molecule has 0 saturated carbocycles. The Labute approximate surface area is 116 Å². The molecule has 1 N–H and O–H groups in total.